The van der Waals surface area contributed by atoms with Crippen LogP contribution in [0.15, 0.2) is 23.1 Å². The molecule has 1 saturated heterocycles. The number of amides is 1. The molecule has 9 heteroatoms. The quantitative estimate of drug-likeness (QED) is 0.535. The van der Waals surface area contributed by atoms with Crippen LogP contribution in [-0.2, 0) is 14.6 Å². The highest BCUT2D eigenvalue weighted by Gasteiger charge is 2.41. The van der Waals surface area contributed by atoms with E-state index in [1.54, 1.807) is 0 Å². The van der Waals surface area contributed by atoms with E-state index in [4.69, 9.17) is 0 Å². The molecule has 8 nitrogen and oxygen atoms in total. The SMILES string of the molecule is CS(=O)(=O)c1ccc(N2CCN(C(=O)C[C@H]3C[C@H]4CC[C@@H]3C4)CC2)c([N+](=O)[O-])c1. The zero-order valence-electron chi connectivity index (χ0n) is 16.6. The van der Waals surface area contributed by atoms with Gasteiger partial charge in [-0.1, -0.05) is 6.42 Å². The van der Waals surface area contributed by atoms with Gasteiger partial charge in [-0.25, -0.2) is 8.42 Å². The van der Waals surface area contributed by atoms with Crippen molar-refractivity contribution in [2.45, 2.75) is 37.0 Å². The number of carbonyl (C=O) groups is 1. The summed E-state index contributed by atoms with van der Waals surface area (Å²) in [6.45, 7) is 2.07. The molecule has 2 saturated carbocycles. The predicted octanol–water partition coefficient (Wildman–Crippen LogP) is 2.47. The number of carbonyl (C=O) groups excluding carboxylic acids is 1. The fraction of sp³-hybridized carbons (Fsp3) is 0.650. The molecule has 1 aliphatic heterocycles. The Hall–Kier alpha value is -2.16. The molecular weight excluding hydrogens is 394 g/mol. The second kappa shape index (κ2) is 7.59. The molecule has 1 aromatic carbocycles. The van der Waals surface area contributed by atoms with Gasteiger partial charge in [0.05, 0.1) is 9.82 Å². The number of nitrogens with zero attached hydrogens (tertiary/aromatic N) is 3. The van der Waals surface area contributed by atoms with E-state index < -0.39 is 14.8 Å². The molecule has 3 fully saturated rings. The van der Waals surface area contributed by atoms with Gasteiger partial charge in [-0.05, 0) is 49.1 Å². The van der Waals surface area contributed by atoms with Gasteiger partial charge in [-0.3, -0.25) is 14.9 Å². The summed E-state index contributed by atoms with van der Waals surface area (Å²) in [5.41, 5.74) is 0.192. The summed E-state index contributed by atoms with van der Waals surface area (Å²) < 4.78 is 23.4. The van der Waals surface area contributed by atoms with Crippen molar-refractivity contribution < 1.29 is 18.1 Å². The number of anilines is 1. The number of hydrogen-bond donors (Lipinski definition) is 0. The molecule has 1 aromatic rings. The van der Waals surface area contributed by atoms with E-state index >= 15 is 0 Å². The second-order valence-electron chi connectivity index (χ2n) is 8.69. The molecule has 1 heterocycles. The van der Waals surface area contributed by atoms with Crippen LogP contribution in [0.1, 0.15) is 32.1 Å². The topological polar surface area (TPSA) is 101 Å². The summed E-state index contributed by atoms with van der Waals surface area (Å²) in [4.78, 5) is 27.4. The first-order chi connectivity index (χ1) is 13.7. The number of piperazine rings is 1. The summed E-state index contributed by atoms with van der Waals surface area (Å²) >= 11 is 0. The molecule has 0 aromatic heterocycles. The number of hydrogen-bond acceptors (Lipinski definition) is 6. The molecule has 0 unspecified atom stereocenters. The van der Waals surface area contributed by atoms with Crippen LogP contribution < -0.4 is 4.90 Å². The van der Waals surface area contributed by atoms with Gasteiger partial charge in [0.2, 0.25) is 5.91 Å². The van der Waals surface area contributed by atoms with E-state index in [9.17, 15) is 23.3 Å². The molecule has 0 spiro atoms. The maximum absolute atomic E-state index is 12.7. The van der Waals surface area contributed by atoms with Crippen molar-refractivity contribution in [3.63, 3.8) is 0 Å². The van der Waals surface area contributed by atoms with Gasteiger partial charge >= 0.3 is 0 Å². The van der Waals surface area contributed by atoms with Crippen LogP contribution in [0.4, 0.5) is 11.4 Å². The zero-order valence-corrected chi connectivity index (χ0v) is 17.4. The maximum Gasteiger partial charge on any atom is 0.293 e. The van der Waals surface area contributed by atoms with E-state index in [1.807, 2.05) is 9.80 Å². The molecule has 1 amide bonds. The molecule has 4 rings (SSSR count). The Morgan fingerprint density at radius 2 is 1.90 bits per heavy atom. The summed E-state index contributed by atoms with van der Waals surface area (Å²) in [6.07, 6.45) is 6.74. The van der Waals surface area contributed by atoms with Gasteiger partial charge in [-0.15, -0.1) is 0 Å². The third kappa shape index (κ3) is 4.10. The average Bonchev–Trinajstić information content (AvgIpc) is 3.30. The van der Waals surface area contributed by atoms with Crippen molar-refractivity contribution in [1.82, 2.24) is 4.90 Å². The molecular formula is C20H27N3O5S. The molecule has 0 radical (unpaired) electrons. The van der Waals surface area contributed by atoms with Crippen molar-refractivity contribution >= 4 is 27.1 Å². The summed E-state index contributed by atoms with van der Waals surface area (Å²) in [6, 6.07) is 4.03. The Balaban J connectivity index is 1.40. The molecule has 2 bridgehead atoms. The van der Waals surface area contributed by atoms with E-state index in [1.165, 1.54) is 37.8 Å². The number of benzene rings is 1. The van der Waals surface area contributed by atoms with Gasteiger partial charge < -0.3 is 9.80 Å². The molecule has 2 aliphatic carbocycles. The minimum Gasteiger partial charge on any atom is -0.362 e. The lowest BCUT2D eigenvalue weighted by Crippen LogP contribution is -2.49. The summed E-state index contributed by atoms with van der Waals surface area (Å²) in [7, 11) is -3.52. The number of sulfone groups is 1. The Kier molecular flexibility index (Phi) is 5.27. The Morgan fingerprint density at radius 1 is 1.17 bits per heavy atom. The third-order valence-corrected chi connectivity index (χ3v) is 7.98. The summed E-state index contributed by atoms with van der Waals surface area (Å²) in [5, 5.41) is 11.5. The first kappa shape index (κ1) is 20.1. The number of rotatable bonds is 5. The van der Waals surface area contributed by atoms with Crippen LogP contribution in [0.2, 0.25) is 0 Å². The normalized spacial score (nSPS) is 26.7. The van der Waals surface area contributed by atoms with Gasteiger partial charge in [-0.2, -0.15) is 0 Å². The minimum absolute atomic E-state index is 0.0624. The fourth-order valence-electron chi connectivity index (χ4n) is 5.32. The Bertz CT molecular complexity index is 924. The van der Waals surface area contributed by atoms with Crippen LogP contribution in [0, 0.1) is 27.9 Å². The van der Waals surface area contributed by atoms with Crippen LogP contribution in [0.5, 0.6) is 0 Å². The van der Waals surface area contributed by atoms with Gasteiger partial charge in [0, 0.05) is 44.9 Å². The van der Waals surface area contributed by atoms with Gasteiger partial charge in [0.15, 0.2) is 9.84 Å². The van der Waals surface area contributed by atoms with Crippen molar-refractivity contribution in [3.8, 4) is 0 Å². The van der Waals surface area contributed by atoms with E-state index in [-0.39, 0.29) is 16.5 Å². The Labute approximate surface area is 170 Å². The largest absolute Gasteiger partial charge is 0.362 e. The highest BCUT2D eigenvalue weighted by molar-refractivity contribution is 7.90. The maximum atomic E-state index is 12.7. The number of nitro groups is 1. The van der Waals surface area contributed by atoms with E-state index in [0.717, 1.165) is 24.2 Å². The van der Waals surface area contributed by atoms with E-state index in [0.29, 0.717) is 44.2 Å². The lowest BCUT2D eigenvalue weighted by molar-refractivity contribution is -0.384. The monoisotopic (exact) mass is 421 g/mol. The van der Waals surface area contributed by atoms with Crippen molar-refractivity contribution in [2.75, 3.05) is 37.3 Å². The van der Waals surface area contributed by atoms with Crippen molar-refractivity contribution in [1.29, 1.82) is 0 Å². The second-order valence-corrected chi connectivity index (χ2v) is 10.7. The molecule has 29 heavy (non-hydrogen) atoms. The first-order valence-electron chi connectivity index (χ1n) is 10.2. The van der Waals surface area contributed by atoms with Gasteiger partial charge in [0.25, 0.3) is 5.69 Å². The Morgan fingerprint density at radius 3 is 2.45 bits per heavy atom. The van der Waals surface area contributed by atoms with Crippen LogP contribution in [-0.4, -0.2) is 56.6 Å². The van der Waals surface area contributed by atoms with Crippen molar-refractivity contribution in [3.05, 3.63) is 28.3 Å². The lowest BCUT2D eigenvalue weighted by atomic mass is 9.86. The standard InChI is InChI=1S/C20H27N3O5S/c1-29(27,28)17-4-5-18(19(13-17)23(25)26)21-6-8-22(9-7-21)20(24)12-16-11-14-2-3-15(16)10-14/h4-5,13-16H,2-3,6-12H2,1H3/t14-,15+,16+/m0/s1. The summed E-state index contributed by atoms with van der Waals surface area (Å²) in [5.74, 6) is 2.28. The lowest BCUT2D eigenvalue weighted by Gasteiger charge is -2.36. The molecule has 3 atom stereocenters. The molecule has 158 valence electrons. The number of nitro benzene ring substituents is 1. The third-order valence-electron chi connectivity index (χ3n) is 6.87. The average molecular weight is 422 g/mol. The van der Waals surface area contributed by atoms with Crippen LogP contribution in [0.3, 0.4) is 0 Å². The predicted molar refractivity (Wildman–Crippen MR) is 109 cm³/mol. The number of fused-ring (bicyclic) bond motifs is 2. The molecule has 0 N–H and O–H groups in total. The first-order valence-corrected chi connectivity index (χ1v) is 12.1. The zero-order chi connectivity index (χ0) is 20.8. The van der Waals surface area contributed by atoms with E-state index in [2.05, 4.69) is 0 Å². The van der Waals surface area contributed by atoms with Gasteiger partial charge in [0.1, 0.15) is 5.69 Å². The minimum atomic E-state index is -3.52. The fourth-order valence-corrected chi connectivity index (χ4v) is 5.97. The molecule has 3 aliphatic rings. The highest BCUT2D eigenvalue weighted by atomic mass is 32.2. The highest BCUT2D eigenvalue weighted by Crippen LogP contribution is 2.49. The smallest absolute Gasteiger partial charge is 0.293 e. The van der Waals surface area contributed by atoms with Crippen molar-refractivity contribution in [2.24, 2.45) is 17.8 Å². The van der Waals surface area contributed by atoms with Crippen LogP contribution >= 0.6 is 0 Å². The van der Waals surface area contributed by atoms with Crippen LogP contribution in [0.25, 0.3) is 0 Å².